The first-order valence-electron chi connectivity index (χ1n) is 6.84. The van der Waals surface area contributed by atoms with Gasteiger partial charge in [0.25, 0.3) is 5.91 Å². The van der Waals surface area contributed by atoms with Gasteiger partial charge in [0.2, 0.25) is 0 Å². The summed E-state index contributed by atoms with van der Waals surface area (Å²) in [5.41, 5.74) is -0.00232. The van der Waals surface area contributed by atoms with E-state index in [9.17, 15) is 19.8 Å². The summed E-state index contributed by atoms with van der Waals surface area (Å²) in [6.45, 7) is 2.58. The Kier molecular flexibility index (Phi) is 4.47. The molecule has 0 aromatic heterocycles. The molecule has 1 amide bonds. The second-order valence-corrected chi connectivity index (χ2v) is 5.40. The van der Waals surface area contributed by atoms with Gasteiger partial charge < -0.3 is 20.3 Å². The van der Waals surface area contributed by atoms with Crippen LogP contribution in [0.3, 0.4) is 0 Å². The fourth-order valence-corrected chi connectivity index (χ4v) is 2.41. The number of aromatic hydroxyl groups is 1. The van der Waals surface area contributed by atoms with E-state index in [1.165, 1.54) is 12.1 Å². The number of aliphatic carboxylic acids is 1. The predicted octanol–water partition coefficient (Wildman–Crippen LogP) is 1.31. The second-order valence-electron chi connectivity index (χ2n) is 5.40. The Morgan fingerprint density at radius 3 is 2.57 bits per heavy atom. The van der Waals surface area contributed by atoms with Crippen LogP contribution in [0.2, 0.25) is 0 Å². The first-order valence-corrected chi connectivity index (χ1v) is 6.84. The lowest BCUT2D eigenvalue weighted by molar-refractivity contribution is -0.154. The number of phenolic OH excluding ortho intramolecular Hbond substituents is 1. The molecule has 114 valence electrons. The van der Waals surface area contributed by atoms with Crippen LogP contribution in [-0.2, 0) is 9.53 Å². The van der Waals surface area contributed by atoms with Crippen molar-refractivity contribution in [2.75, 3.05) is 19.8 Å². The Balaban J connectivity index is 2.07. The zero-order chi connectivity index (χ0) is 15.5. The Labute approximate surface area is 122 Å². The zero-order valence-electron chi connectivity index (χ0n) is 11.9. The van der Waals surface area contributed by atoms with Crippen molar-refractivity contribution < 1.29 is 24.5 Å². The van der Waals surface area contributed by atoms with E-state index in [1.54, 1.807) is 6.07 Å². The van der Waals surface area contributed by atoms with Crippen LogP contribution in [0.1, 0.15) is 28.8 Å². The van der Waals surface area contributed by atoms with Crippen LogP contribution in [0, 0.1) is 12.3 Å². The lowest BCUT2D eigenvalue weighted by atomic mass is 9.80. The Morgan fingerprint density at radius 1 is 1.33 bits per heavy atom. The quantitative estimate of drug-likeness (QED) is 0.778. The van der Waals surface area contributed by atoms with E-state index in [0.717, 1.165) is 5.56 Å². The van der Waals surface area contributed by atoms with E-state index in [4.69, 9.17) is 4.74 Å². The van der Waals surface area contributed by atoms with Crippen LogP contribution in [0.25, 0.3) is 0 Å². The molecule has 0 bridgehead atoms. The van der Waals surface area contributed by atoms with Gasteiger partial charge in [0.1, 0.15) is 5.75 Å². The van der Waals surface area contributed by atoms with Gasteiger partial charge in [0, 0.05) is 19.8 Å². The third-order valence-electron chi connectivity index (χ3n) is 3.89. The van der Waals surface area contributed by atoms with E-state index in [1.807, 2.05) is 6.92 Å². The van der Waals surface area contributed by atoms with Crippen molar-refractivity contribution in [1.82, 2.24) is 5.32 Å². The number of aryl methyl sites for hydroxylation is 1. The maximum absolute atomic E-state index is 12.1. The molecule has 1 aromatic rings. The number of phenols is 1. The molecule has 0 unspecified atom stereocenters. The Morgan fingerprint density at radius 2 is 2.00 bits per heavy atom. The summed E-state index contributed by atoms with van der Waals surface area (Å²) in [5, 5.41) is 21.8. The maximum Gasteiger partial charge on any atom is 0.311 e. The van der Waals surface area contributed by atoms with Crippen LogP contribution in [0.4, 0.5) is 0 Å². The summed E-state index contributed by atoms with van der Waals surface area (Å²) in [6, 6.07) is 4.74. The van der Waals surface area contributed by atoms with Crippen LogP contribution in [-0.4, -0.2) is 41.8 Å². The summed E-state index contributed by atoms with van der Waals surface area (Å²) in [4.78, 5) is 23.6. The van der Waals surface area contributed by atoms with Crippen LogP contribution in [0.5, 0.6) is 5.75 Å². The minimum atomic E-state index is -0.992. The molecule has 0 aliphatic carbocycles. The molecule has 21 heavy (non-hydrogen) atoms. The Hall–Kier alpha value is -2.08. The zero-order valence-corrected chi connectivity index (χ0v) is 11.9. The average Bonchev–Trinajstić information content (AvgIpc) is 2.45. The molecule has 0 atom stereocenters. The van der Waals surface area contributed by atoms with E-state index in [2.05, 4.69) is 5.32 Å². The third-order valence-corrected chi connectivity index (χ3v) is 3.89. The van der Waals surface area contributed by atoms with Gasteiger partial charge in [0.15, 0.2) is 0 Å². The van der Waals surface area contributed by atoms with Crippen molar-refractivity contribution in [1.29, 1.82) is 0 Å². The summed E-state index contributed by atoms with van der Waals surface area (Å²) < 4.78 is 5.18. The molecular formula is C15H19NO5. The average molecular weight is 293 g/mol. The molecule has 1 fully saturated rings. The number of rotatable bonds is 4. The third kappa shape index (κ3) is 3.33. The second kappa shape index (κ2) is 6.13. The highest BCUT2D eigenvalue weighted by atomic mass is 16.5. The minimum absolute atomic E-state index is 0.0256. The standard InChI is InChI=1S/C15H19NO5/c1-10-2-3-11(12(17)8-10)13(18)16-9-15(14(19)20)4-6-21-7-5-15/h2-3,8,17H,4-7,9H2,1H3,(H,16,18)(H,19,20). The molecule has 6 nitrogen and oxygen atoms in total. The molecule has 1 aliphatic heterocycles. The monoisotopic (exact) mass is 293 g/mol. The van der Waals surface area contributed by atoms with Crippen molar-refractivity contribution in [3.05, 3.63) is 29.3 Å². The molecule has 2 rings (SSSR count). The molecule has 1 aromatic carbocycles. The van der Waals surface area contributed by atoms with Gasteiger partial charge in [0.05, 0.1) is 11.0 Å². The summed E-state index contributed by atoms with van der Waals surface area (Å²) in [6.07, 6.45) is 0.727. The van der Waals surface area contributed by atoms with E-state index in [0.29, 0.717) is 26.1 Å². The van der Waals surface area contributed by atoms with E-state index >= 15 is 0 Å². The first-order chi connectivity index (χ1) is 9.94. The van der Waals surface area contributed by atoms with Gasteiger partial charge >= 0.3 is 5.97 Å². The van der Waals surface area contributed by atoms with Gasteiger partial charge in [-0.25, -0.2) is 0 Å². The summed E-state index contributed by atoms with van der Waals surface area (Å²) in [5.74, 6) is -1.51. The molecule has 6 heteroatoms. The predicted molar refractivity (Wildman–Crippen MR) is 75.3 cm³/mol. The highest BCUT2D eigenvalue weighted by Gasteiger charge is 2.40. The van der Waals surface area contributed by atoms with Crippen LogP contribution in [0.15, 0.2) is 18.2 Å². The van der Waals surface area contributed by atoms with Crippen molar-refractivity contribution in [2.45, 2.75) is 19.8 Å². The number of benzene rings is 1. The smallest absolute Gasteiger partial charge is 0.311 e. The van der Waals surface area contributed by atoms with Crippen molar-refractivity contribution in [2.24, 2.45) is 5.41 Å². The summed E-state index contributed by atoms with van der Waals surface area (Å²) in [7, 11) is 0. The van der Waals surface area contributed by atoms with Gasteiger partial charge in [-0.3, -0.25) is 9.59 Å². The van der Waals surface area contributed by atoms with Crippen LogP contribution < -0.4 is 5.32 Å². The number of hydrogen-bond acceptors (Lipinski definition) is 4. The van der Waals surface area contributed by atoms with Gasteiger partial charge in [-0.2, -0.15) is 0 Å². The normalized spacial score (nSPS) is 17.2. The highest BCUT2D eigenvalue weighted by molar-refractivity contribution is 5.97. The molecule has 1 heterocycles. The first kappa shape index (κ1) is 15.3. The number of carbonyl (C=O) groups excluding carboxylic acids is 1. The van der Waals surface area contributed by atoms with Gasteiger partial charge in [-0.1, -0.05) is 6.07 Å². The number of amides is 1. The van der Waals surface area contributed by atoms with Crippen molar-refractivity contribution in [3.8, 4) is 5.75 Å². The molecule has 3 N–H and O–H groups in total. The number of carbonyl (C=O) groups is 2. The fourth-order valence-electron chi connectivity index (χ4n) is 2.41. The topological polar surface area (TPSA) is 95.9 Å². The number of hydrogen-bond donors (Lipinski definition) is 3. The molecule has 0 spiro atoms. The van der Waals surface area contributed by atoms with Gasteiger partial charge in [-0.15, -0.1) is 0 Å². The minimum Gasteiger partial charge on any atom is -0.507 e. The number of ether oxygens (including phenoxy) is 1. The molecule has 0 saturated carbocycles. The van der Waals surface area contributed by atoms with Crippen LogP contribution >= 0.6 is 0 Å². The lowest BCUT2D eigenvalue weighted by Crippen LogP contribution is -2.46. The number of carboxylic acids is 1. The van der Waals surface area contributed by atoms with Gasteiger partial charge in [-0.05, 0) is 37.5 Å². The van der Waals surface area contributed by atoms with E-state index in [-0.39, 0.29) is 17.9 Å². The van der Waals surface area contributed by atoms with Crippen molar-refractivity contribution in [3.63, 3.8) is 0 Å². The fraction of sp³-hybridized carbons (Fsp3) is 0.467. The highest BCUT2D eigenvalue weighted by Crippen LogP contribution is 2.30. The molecular weight excluding hydrogens is 274 g/mol. The molecule has 1 aliphatic rings. The summed E-state index contributed by atoms with van der Waals surface area (Å²) >= 11 is 0. The SMILES string of the molecule is Cc1ccc(C(=O)NCC2(C(=O)O)CCOCC2)c(O)c1. The largest absolute Gasteiger partial charge is 0.507 e. The maximum atomic E-state index is 12.1. The Bertz CT molecular complexity index is 549. The van der Waals surface area contributed by atoms with E-state index < -0.39 is 17.3 Å². The number of nitrogens with one attached hydrogen (secondary N) is 1. The molecule has 0 radical (unpaired) electrons. The lowest BCUT2D eigenvalue weighted by Gasteiger charge is -2.33. The molecule has 1 saturated heterocycles. The van der Waals surface area contributed by atoms with Crippen molar-refractivity contribution >= 4 is 11.9 Å². The number of carboxylic acid groups (broad SMARTS) is 1.